The summed E-state index contributed by atoms with van der Waals surface area (Å²) < 4.78 is 5.31. The number of amides is 1. The number of hydrogen-bond acceptors (Lipinski definition) is 7. The van der Waals surface area contributed by atoms with Crippen LogP contribution < -0.4 is 5.32 Å². The van der Waals surface area contributed by atoms with Gasteiger partial charge in [-0.15, -0.1) is 11.3 Å². The van der Waals surface area contributed by atoms with E-state index in [9.17, 15) is 9.59 Å². The van der Waals surface area contributed by atoms with Gasteiger partial charge in [-0.2, -0.15) is 0 Å². The Bertz CT molecular complexity index is 1430. The molecule has 0 spiro atoms. The number of carbonyl (C=O) groups is 2. The minimum Gasteiger partial charge on any atom is -0.462 e. The maximum Gasteiger partial charge on any atom is 0.341 e. The second-order valence-electron chi connectivity index (χ2n) is 8.66. The minimum atomic E-state index is -0.357. The van der Waals surface area contributed by atoms with E-state index in [1.807, 2.05) is 55.5 Å². The van der Waals surface area contributed by atoms with E-state index < -0.39 is 0 Å². The molecule has 2 aromatic heterocycles. The van der Waals surface area contributed by atoms with Gasteiger partial charge in [0.1, 0.15) is 10.0 Å². The smallest absolute Gasteiger partial charge is 0.341 e. The molecule has 8 heteroatoms. The summed E-state index contributed by atoms with van der Waals surface area (Å²) in [6.07, 6.45) is 3.93. The van der Waals surface area contributed by atoms with Crippen molar-refractivity contribution in [1.82, 2.24) is 9.97 Å². The SMILES string of the molecule is CCOC(=O)c1c(NC(=O)CSc2nc(-c3ccccc3)nc3c(C)cccc23)sc2c1CCCC2. The molecule has 1 amide bonds. The quantitative estimate of drug-likeness (QED) is 0.172. The average Bonchev–Trinajstić information content (AvgIpc) is 3.26. The Morgan fingerprint density at radius 3 is 2.67 bits per heavy atom. The van der Waals surface area contributed by atoms with Crippen molar-refractivity contribution in [2.45, 2.75) is 44.6 Å². The molecule has 5 rings (SSSR count). The molecule has 36 heavy (non-hydrogen) atoms. The van der Waals surface area contributed by atoms with Crippen LogP contribution in [0.5, 0.6) is 0 Å². The van der Waals surface area contributed by atoms with E-state index in [0.717, 1.165) is 58.3 Å². The van der Waals surface area contributed by atoms with Crippen molar-refractivity contribution in [2.75, 3.05) is 17.7 Å². The molecule has 2 heterocycles. The molecule has 6 nitrogen and oxygen atoms in total. The van der Waals surface area contributed by atoms with Gasteiger partial charge in [0.05, 0.1) is 23.4 Å². The number of hydrogen-bond donors (Lipinski definition) is 1. The summed E-state index contributed by atoms with van der Waals surface area (Å²) in [4.78, 5) is 36.6. The van der Waals surface area contributed by atoms with Crippen molar-refractivity contribution in [1.29, 1.82) is 0 Å². The summed E-state index contributed by atoms with van der Waals surface area (Å²) in [5.74, 6) is 0.268. The van der Waals surface area contributed by atoms with Crippen LogP contribution in [0.2, 0.25) is 0 Å². The molecular formula is C28H27N3O3S2. The summed E-state index contributed by atoms with van der Waals surface area (Å²) in [5, 5.41) is 5.27. The van der Waals surface area contributed by atoms with Gasteiger partial charge in [-0.3, -0.25) is 4.79 Å². The minimum absolute atomic E-state index is 0.166. The molecule has 0 saturated carbocycles. The highest BCUT2D eigenvalue weighted by Crippen LogP contribution is 2.39. The van der Waals surface area contributed by atoms with Crippen molar-refractivity contribution < 1.29 is 14.3 Å². The molecule has 0 unspecified atom stereocenters. The van der Waals surface area contributed by atoms with Crippen LogP contribution >= 0.6 is 23.1 Å². The van der Waals surface area contributed by atoms with E-state index in [4.69, 9.17) is 14.7 Å². The summed E-state index contributed by atoms with van der Waals surface area (Å²) in [6.45, 7) is 4.13. The van der Waals surface area contributed by atoms with Crippen molar-refractivity contribution in [3.63, 3.8) is 0 Å². The number of nitrogens with one attached hydrogen (secondary N) is 1. The van der Waals surface area contributed by atoms with Gasteiger partial charge in [-0.05, 0) is 50.7 Å². The van der Waals surface area contributed by atoms with Gasteiger partial charge >= 0.3 is 5.97 Å². The van der Waals surface area contributed by atoms with Crippen LogP contribution in [0.15, 0.2) is 53.6 Å². The monoisotopic (exact) mass is 517 g/mol. The predicted molar refractivity (Wildman–Crippen MR) is 146 cm³/mol. The maximum atomic E-state index is 13.1. The first-order valence-corrected chi connectivity index (χ1v) is 13.9. The van der Waals surface area contributed by atoms with Crippen LogP contribution in [0.1, 0.15) is 46.1 Å². The van der Waals surface area contributed by atoms with Crippen LogP contribution in [-0.4, -0.2) is 34.2 Å². The summed E-state index contributed by atoms with van der Waals surface area (Å²) in [5.41, 5.74) is 4.44. The lowest BCUT2D eigenvalue weighted by Crippen LogP contribution is -2.17. The number of fused-ring (bicyclic) bond motifs is 2. The molecule has 0 fully saturated rings. The van der Waals surface area contributed by atoms with Gasteiger partial charge in [0, 0.05) is 15.8 Å². The number of para-hydroxylation sites is 1. The van der Waals surface area contributed by atoms with Gasteiger partial charge in [0.25, 0.3) is 0 Å². The highest BCUT2D eigenvalue weighted by Gasteiger charge is 2.27. The van der Waals surface area contributed by atoms with Crippen molar-refractivity contribution >= 4 is 50.9 Å². The first kappa shape index (κ1) is 24.5. The molecule has 0 atom stereocenters. The lowest BCUT2D eigenvalue weighted by atomic mass is 9.95. The Balaban J connectivity index is 1.41. The number of anilines is 1. The zero-order valence-electron chi connectivity index (χ0n) is 20.3. The molecule has 2 aromatic carbocycles. The average molecular weight is 518 g/mol. The molecule has 1 aliphatic carbocycles. The number of aromatic nitrogens is 2. The van der Waals surface area contributed by atoms with Gasteiger partial charge < -0.3 is 10.1 Å². The standard InChI is InChI=1S/C28H27N3O3S2/c1-3-34-28(33)23-19-13-7-8-15-21(19)36-27(23)29-22(32)16-35-26-20-14-9-10-17(2)24(20)30-25(31-26)18-11-5-4-6-12-18/h4-6,9-12,14H,3,7-8,13,15-16H2,1-2H3,(H,29,32). The number of esters is 1. The Labute approximate surface area is 218 Å². The van der Waals surface area contributed by atoms with E-state index in [-0.39, 0.29) is 17.6 Å². The Hall–Kier alpha value is -3.23. The lowest BCUT2D eigenvalue weighted by Gasteiger charge is -2.12. The zero-order valence-corrected chi connectivity index (χ0v) is 21.9. The number of benzene rings is 2. The third-order valence-corrected chi connectivity index (χ3v) is 8.37. The third-order valence-electron chi connectivity index (χ3n) is 6.17. The number of aryl methyl sites for hydroxylation is 2. The van der Waals surface area contributed by atoms with Gasteiger partial charge in [-0.1, -0.05) is 60.3 Å². The van der Waals surface area contributed by atoms with E-state index in [2.05, 4.69) is 5.32 Å². The zero-order chi connectivity index (χ0) is 25.1. The second kappa shape index (κ2) is 10.8. The number of thioether (sulfide) groups is 1. The third kappa shape index (κ3) is 5.01. The molecule has 0 saturated heterocycles. The highest BCUT2D eigenvalue weighted by molar-refractivity contribution is 8.00. The highest BCUT2D eigenvalue weighted by atomic mass is 32.2. The van der Waals surface area contributed by atoms with Gasteiger partial charge in [-0.25, -0.2) is 14.8 Å². The Morgan fingerprint density at radius 1 is 1.06 bits per heavy atom. The summed E-state index contributed by atoms with van der Waals surface area (Å²) >= 11 is 2.88. The first-order valence-electron chi connectivity index (χ1n) is 12.1. The van der Waals surface area contributed by atoms with Gasteiger partial charge in [0.2, 0.25) is 5.91 Å². The van der Waals surface area contributed by atoms with Crippen LogP contribution in [-0.2, 0) is 22.4 Å². The van der Waals surface area contributed by atoms with Crippen LogP contribution in [0, 0.1) is 6.92 Å². The molecule has 0 bridgehead atoms. The fraction of sp³-hybridized carbons (Fsp3) is 0.286. The number of rotatable bonds is 7. The van der Waals surface area contributed by atoms with Crippen molar-refractivity contribution in [3.8, 4) is 11.4 Å². The van der Waals surface area contributed by atoms with Crippen molar-refractivity contribution in [3.05, 3.63) is 70.1 Å². The summed E-state index contributed by atoms with van der Waals surface area (Å²) in [7, 11) is 0. The molecule has 1 aliphatic rings. The lowest BCUT2D eigenvalue weighted by molar-refractivity contribution is -0.113. The van der Waals surface area contributed by atoms with Gasteiger partial charge in [0.15, 0.2) is 5.82 Å². The van der Waals surface area contributed by atoms with E-state index in [1.165, 1.54) is 28.0 Å². The molecule has 0 aliphatic heterocycles. The topological polar surface area (TPSA) is 81.2 Å². The predicted octanol–water partition coefficient (Wildman–Crippen LogP) is 6.45. The largest absolute Gasteiger partial charge is 0.462 e. The molecular weight excluding hydrogens is 490 g/mol. The van der Waals surface area contributed by atoms with E-state index >= 15 is 0 Å². The number of nitrogens with zero attached hydrogens (tertiary/aromatic N) is 2. The van der Waals surface area contributed by atoms with Crippen LogP contribution in [0.25, 0.3) is 22.3 Å². The fourth-order valence-electron chi connectivity index (χ4n) is 4.46. The van der Waals surface area contributed by atoms with Crippen LogP contribution in [0.4, 0.5) is 5.00 Å². The number of carbonyl (C=O) groups excluding carboxylic acids is 2. The van der Waals surface area contributed by atoms with Crippen LogP contribution in [0.3, 0.4) is 0 Å². The van der Waals surface area contributed by atoms with E-state index in [1.54, 1.807) is 6.92 Å². The number of ether oxygens (including phenoxy) is 1. The Morgan fingerprint density at radius 2 is 1.86 bits per heavy atom. The second-order valence-corrected chi connectivity index (χ2v) is 10.7. The molecule has 184 valence electrons. The van der Waals surface area contributed by atoms with E-state index in [0.29, 0.717) is 23.0 Å². The molecule has 0 radical (unpaired) electrons. The fourth-order valence-corrected chi connectivity index (χ4v) is 6.57. The number of thiophene rings is 1. The molecule has 1 N–H and O–H groups in total. The maximum absolute atomic E-state index is 13.1. The Kier molecular flexibility index (Phi) is 7.34. The normalized spacial score (nSPS) is 12.8. The summed E-state index contributed by atoms with van der Waals surface area (Å²) in [6, 6.07) is 15.8. The van der Waals surface area contributed by atoms with Crippen molar-refractivity contribution in [2.24, 2.45) is 0 Å². The first-order chi connectivity index (χ1) is 17.5. The molecule has 4 aromatic rings.